The van der Waals surface area contributed by atoms with Gasteiger partial charge in [-0.1, -0.05) is 41.1 Å². The van der Waals surface area contributed by atoms with Gasteiger partial charge < -0.3 is 15.0 Å². The summed E-state index contributed by atoms with van der Waals surface area (Å²) >= 11 is 3.36. The minimum Gasteiger partial charge on any atom is -0.434 e. The van der Waals surface area contributed by atoms with E-state index in [1.165, 1.54) is 6.07 Å². The van der Waals surface area contributed by atoms with E-state index in [0.717, 1.165) is 4.47 Å². The molecule has 0 bridgehead atoms. The van der Waals surface area contributed by atoms with Crippen molar-refractivity contribution in [2.24, 2.45) is 5.92 Å². The number of alkyl halides is 2. The minimum absolute atomic E-state index is 0.0455. The van der Waals surface area contributed by atoms with Crippen LogP contribution in [0.2, 0.25) is 0 Å². The van der Waals surface area contributed by atoms with Gasteiger partial charge in [0.05, 0.1) is 6.04 Å². The highest BCUT2D eigenvalue weighted by Gasteiger charge is 2.29. The fourth-order valence-corrected chi connectivity index (χ4v) is 4.05. The molecule has 1 saturated heterocycles. The average Bonchev–Trinajstić information content (AvgIpc) is 2.77. The van der Waals surface area contributed by atoms with Gasteiger partial charge in [0.15, 0.2) is 0 Å². The molecule has 3 rings (SSSR count). The SMILES string of the molecule is CCC(NC(=O)C1CCN(C(=O)c2ccc(Br)cc2)CC1)c1ccccc1OC(F)F. The molecule has 1 unspecified atom stereocenters. The smallest absolute Gasteiger partial charge is 0.387 e. The summed E-state index contributed by atoms with van der Waals surface area (Å²) in [6.45, 7) is -0.0604. The van der Waals surface area contributed by atoms with Gasteiger partial charge in [-0.3, -0.25) is 9.59 Å². The zero-order valence-electron chi connectivity index (χ0n) is 17.2. The van der Waals surface area contributed by atoms with Gasteiger partial charge in [-0.25, -0.2) is 0 Å². The number of hydrogen-bond donors (Lipinski definition) is 1. The number of halogens is 3. The molecule has 0 saturated carbocycles. The van der Waals surface area contributed by atoms with E-state index in [9.17, 15) is 18.4 Å². The number of para-hydroxylation sites is 1. The molecule has 2 aromatic carbocycles. The standard InChI is InChI=1S/C23H25BrF2N2O3/c1-2-19(18-5-3-4-6-20(18)31-23(25)26)27-21(29)15-11-13-28(14-12-15)22(30)16-7-9-17(24)10-8-16/h3-10,15,19,23H,2,11-14H2,1H3,(H,27,29). The second-order valence-corrected chi connectivity index (χ2v) is 8.37. The number of hydrogen-bond acceptors (Lipinski definition) is 3. The first kappa shape index (κ1) is 23.2. The van der Waals surface area contributed by atoms with Gasteiger partial charge in [0.25, 0.3) is 5.91 Å². The number of benzene rings is 2. The van der Waals surface area contributed by atoms with E-state index >= 15 is 0 Å². The zero-order valence-corrected chi connectivity index (χ0v) is 18.8. The molecule has 0 aliphatic carbocycles. The van der Waals surface area contributed by atoms with Gasteiger partial charge in [-0.05, 0) is 49.6 Å². The Morgan fingerprint density at radius 1 is 1.13 bits per heavy atom. The van der Waals surface area contributed by atoms with E-state index in [1.54, 1.807) is 35.2 Å². The van der Waals surface area contributed by atoms with Crippen LogP contribution in [0.5, 0.6) is 5.75 Å². The van der Waals surface area contributed by atoms with Crippen molar-refractivity contribution < 1.29 is 23.1 Å². The van der Waals surface area contributed by atoms with Crippen molar-refractivity contribution in [1.82, 2.24) is 10.2 Å². The number of nitrogens with one attached hydrogen (secondary N) is 1. The number of likely N-dealkylation sites (tertiary alicyclic amines) is 1. The first-order valence-corrected chi connectivity index (χ1v) is 11.1. The van der Waals surface area contributed by atoms with Crippen LogP contribution in [0.3, 0.4) is 0 Å². The lowest BCUT2D eigenvalue weighted by Gasteiger charge is -2.32. The Morgan fingerprint density at radius 2 is 1.77 bits per heavy atom. The number of carbonyl (C=O) groups is 2. The van der Waals surface area contributed by atoms with Crippen LogP contribution in [0.25, 0.3) is 0 Å². The highest BCUT2D eigenvalue weighted by Crippen LogP contribution is 2.29. The summed E-state index contributed by atoms with van der Waals surface area (Å²) in [6.07, 6.45) is 1.65. The van der Waals surface area contributed by atoms with Crippen LogP contribution in [0, 0.1) is 5.92 Å². The predicted molar refractivity (Wildman–Crippen MR) is 117 cm³/mol. The van der Waals surface area contributed by atoms with Crippen LogP contribution >= 0.6 is 15.9 Å². The summed E-state index contributed by atoms with van der Waals surface area (Å²) < 4.78 is 31.0. The Kier molecular flexibility index (Phi) is 8.01. The van der Waals surface area contributed by atoms with Crippen molar-refractivity contribution in [3.05, 3.63) is 64.1 Å². The fraction of sp³-hybridized carbons (Fsp3) is 0.391. The van der Waals surface area contributed by atoms with E-state index in [1.807, 2.05) is 19.1 Å². The van der Waals surface area contributed by atoms with Crippen molar-refractivity contribution in [2.75, 3.05) is 13.1 Å². The van der Waals surface area contributed by atoms with Crippen molar-refractivity contribution in [2.45, 2.75) is 38.8 Å². The average molecular weight is 495 g/mol. The molecule has 0 spiro atoms. The number of rotatable bonds is 7. The van der Waals surface area contributed by atoms with Gasteiger partial charge in [0.2, 0.25) is 5.91 Å². The topological polar surface area (TPSA) is 58.6 Å². The zero-order chi connectivity index (χ0) is 22.4. The lowest BCUT2D eigenvalue weighted by atomic mass is 9.94. The molecule has 5 nitrogen and oxygen atoms in total. The molecule has 31 heavy (non-hydrogen) atoms. The maximum atomic E-state index is 12.8. The van der Waals surface area contributed by atoms with Crippen molar-refractivity contribution in [1.29, 1.82) is 0 Å². The molecule has 8 heteroatoms. The van der Waals surface area contributed by atoms with Crippen LogP contribution in [-0.2, 0) is 4.79 Å². The van der Waals surface area contributed by atoms with Crippen molar-refractivity contribution in [3.8, 4) is 5.75 Å². The van der Waals surface area contributed by atoms with Gasteiger partial charge in [-0.15, -0.1) is 0 Å². The monoisotopic (exact) mass is 494 g/mol. The van der Waals surface area contributed by atoms with Crippen LogP contribution in [0.1, 0.15) is 48.1 Å². The number of piperidine rings is 1. The molecular weight excluding hydrogens is 470 g/mol. The van der Waals surface area contributed by atoms with E-state index in [4.69, 9.17) is 0 Å². The maximum absolute atomic E-state index is 12.8. The molecular formula is C23H25BrF2N2O3. The molecule has 1 N–H and O–H groups in total. The Labute approximate surface area is 188 Å². The second kappa shape index (κ2) is 10.7. The number of carbonyl (C=O) groups excluding carboxylic acids is 2. The first-order valence-electron chi connectivity index (χ1n) is 10.3. The van der Waals surface area contributed by atoms with E-state index < -0.39 is 12.7 Å². The van der Waals surface area contributed by atoms with Gasteiger partial charge in [0.1, 0.15) is 5.75 Å². The molecule has 1 aliphatic rings. The lowest BCUT2D eigenvalue weighted by Crippen LogP contribution is -2.43. The molecule has 0 radical (unpaired) electrons. The number of amides is 2. The molecule has 0 aromatic heterocycles. The third-order valence-electron chi connectivity index (χ3n) is 5.48. The Morgan fingerprint density at radius 3 is 2.39 bits per heavy atom. The van der Waals surface area contributed by atoms with Gasteiger partial charge in [-0.2, -0.15) is 8.78 Å². The summed E-state index contributed by atoms with van der Waals surface area (Å²) in [7, 11) is 0. The summed E-state index contributed by atoms with van der Waals surface area (Å²) in [5, 5.41) is 2.98. The van der Waals surface area contributed by atoms with Gasteiger partial charge >= 0.3 is 6.61 Å². The predicted octanol–water partition coefficient (Wildman–Crippen LogP) is 5.17. The molecule has 1 fully saturated rings. The Balaban J connectivity index is 1.59. The summed E-state index contributed by atoms with van der Waals surface area (Å²) in [5.74, 6) is -0.337. The molecule has 166 valence electrons. The second-order valence-electron chi connectivity index (χ2n) is 7.46. The van der Waals surface area contributed by atoms with E-state index in [2.05, 4.69) is 26.0 Å². The third-order valence-corrected chi connectivity index (χ3v) is 6.01. The normalized spacial score (nSPS) is 15.6. The molecule has 1 aliphatic heterocycles. The summed E-state index contributed by atoms with van der Waals surface area (Å²) in [6, 6.07) is 13.3. The Hall–Kier alpha value is -2.48. The lowest BCUT2D eigenvalue weighted by molar-refractivity contribution is -0.127. The highest BCUT2D eigenvalue weighted by atomic mass is 79.9. The third kappa shape index (κ3) is 6.03. The molecule has 1 heterocycles. The van der Waals surface area contributed by atoms with Crippen molar-refractivity contribution >= 4 is 27.7 Å². The molecule has 2 aromatic rings. The van der Waals surface area contributed by atoms with E-state index in [0.29, 0.717) is 43.5 Å². The van der Waals surface area contributed by atoms with Gasteiger partial charge in [0, 0.05) is 34.6 Å². The van der Waals surface area contributed by atoms with Crippen molar-refractivity contribution in [3.63, 3.8) is 0 Å². The van der Waals surface area contributed by atoms with E-state index in [-0.39, 0.29) is 23.5 Å². The van der Waals surface area contributed by atoms with Crippen LogP contribution in [-0.4, -0.2) is 36.4 Å². The Bertz CT molecular complexity index is 900. The quantitative estimate of drug-likeness (QED) is 0.577. The largest absolute Gasteiger partial charge is 0.434 e. The first-order chi connectivity index (χ1) is 14.9. The van der Waals surface area contributed by atoms with Crippen LogP contribution in [0.4, 0.5) is 8.78 Å². The molecule has 1 atom stereocenters. The number of nitrogens with zero attached hydrogens (tertiary/aromatic N) is 1. The summed E-state index contributed by atoms with van der Waals surface area (Å²) in [4.78, 5) is 27.3. The number of ether oxygens (including phenoxy) is 1. The highest BCUT2D eigenvalue weighted by molar-refractivity contribution is 9.10. The summed E-state index contributed by atoms with van der Waals surface area (Å²) in [5.41, 5.74) is 1.15. The maximum Gasteiger partial charge on any atom is 0.387 e. The van der Waals surface area contributed by atoms with Crippen LogP contribution in [0.15, 0.2) is 53.0 Å². The van der Waals surface area contributed by atoms with Crippen LogP contribution < -0.4 is 10.1 Å². The molecule has 2 amide bonds. The minimum atomic E-state index is -2.93. The fourth-order valence-electron chi connectivity index (χ4n) is 3.78.